The number of likely N-dealkylation sites (N-methyl/N-ethyl adjacent to an activating group) is 1. The number of aromatic nitrogens is 1. The van der Waals surface area contributed by atoms with E-state index in [0.29, 0.717) is 6.54 Å². The maximum Gasteiger partial charge on any atom is 0.0639 e. The fourth-order valence-corrected chi connectivity index (χ4v) is 2.04. The molecule has 0 saturated heterocycles. The number of nitrogens with two attached hydrogens (primary N) is 1. The minimum atomic E-state index is -0.358. The summed E-state index contributed by atoms with van der Waals surface area (Å²) in [5.74, 6) is 0. The van der Waals surface area contributed by atoms with E-state index >= 15 is 0 Å². The lowest BCUT2D eigenvalue weighted by Crippen LogP contribution is -2.40. The second kappa shape index (κ2) is 5.94. The van der Waals surface area contributed by atoms with Crippen LogP contribution < -0.4 is 5.73 Å². The Balaban J connectivity index is 2.83. The Morgan fingerprint density at radius 2 is 2.19 bits per heavy atom. The molecule has 0 aromatic carbocycles. The van der Waals surface area contributed by atoms with Crippen LogP contribution in [-0.4, -0.2) is 40.7 Å². The van der Waals surface area contributed by atoms with Crippen molar-refractivity contribution in [2.24, 2.45) is 5.73 Å². The maximum absolute atomic E-state index is 9.40. The van der Waals surface area contributed by atoms with E-state index in [1.54, 1.807) is 13.1 Å². The van der Waals surface area contributed by atoms with Gasteiger partial charge in [-0.1, -0.05) is 6.07 Å². The Kier molecular flexibility index (Phi) is 4.86. The Labute approximate surface area is 97.1 Å². The van der Waals surface area contributed by atoms with Crippen molar-refractivity contribution < 1.29 is 5.11 Å². The highest BCUT2D eigenvalue weighted by atomic mass is 16.3. The van der Waals surface area contributed by atoms with E-state index in [9.17, 15) is 5.11 Å². The van der Waals surface area contributed by atoms with Crippen molar-refractivity contribution in [2.75, 3.05) is 13.6 Å². The molecule has 0 aliphatic rings. The van der Waals surface area contributed by atoms with Crippen LogP contribution in [0.5, 0.6) is 0 Å². The summed E-state index contributed by atoms with van der Waals surface area (Å²) in [4.78, 5) is 6.17. The number of hydrogen-bond donors (Lipinski definition) is 2. The first kappa shape index (κ1) is 13.1. The highest BCUT2D eigenvalue weighted by Gasteiger charge is 2.21. The van der Waals surface area contributed by atoms with Crippen LogP contribution in [-0.2, 0) is 0 Å². The third-order valence-corrected chi connectivity index (χ3v) is 2.55. The molecule has 0 radical (unpaired) electrons. The molecule has 0 aliphatic carbocycles. The van der Waals surface area contributed by atoms with Gasteiger partial charge in [-0.15, -0.1) is 0 Å². The van der Waals surface area contributed by atoms with Crippen LogP contribution in [0.25, 0.3) is 0 Å². The quantitative estimate of drug-likeness (QED) is 0.774. The van der Waals surface area contributed by atoms with E-state index in [2.05, 4.69) is 9.88 Å². The average Bonchev–Trinajstić information content (AvgIpc) is 2.17. The van der Waals surface area contributed by atoms with Crippen molar-refractivity contribution in [3.8, 4) is 0 Å². The summed E-state index contributed by atoms with van der Waals surface area (Å²) < 4.78 is 0. The molecular weight excluding hydrogens is 202 g/mol. The van der Waals surface area contributed by atoms with Crippen molar-refractivity contribution in [2.45, 2.75) is 32.0 Å². The molecule has 1 heterocycles. The smallest absolute Gasteiger partial charge is 0.0639 e. The zero-order chi connectivity index (χ0) is 12.1. The van der Waals surface area contributed by atoms with Gasteiger partial charge in [0.05, 0.1) is 12.1 Å². The lowest BCUT2D eigenvalue weighted by Gasteiger charge is -2.31. The van der Waals surface area contributed by atoms with E-state index < -0.39 is 0 Å². The van der Waals surface area contributed by atoms with E-state index in [-0.39, 0.29) is 18.2 Å². The van der Waals surface area contributed by atoms with Crippen LogP contribution >= 0.6 is 0 Å². The predicted molar refractivity (Wildman–Crippen MR) is 64.9 cm³/mol. The van der Waals surface area contributed by atoms with Crippen LogP contribution in [0.4, 0.5) is 0 Å². The van der Waals surface area contributed by atoms with Gasteiger partial charge in [-0.25, -0.2) is 0 Å². The van der Waals surface area contributed by atoms with Gasteiger partial charge in [0.25, 0.3) is 0 Å². The van der Waals surface area contributed by atoms with Crippen LogP contribution in [0.15, 0.2) is 24.5 Å². The number of rotatable bonds is 5. The molecule has 1 aromatic rings. The minimum absolute atomic E-state index is 0.00653. The molecule has 1 aromatic heterocycles. The van der Waals surface area contributed by atoms with Gasteiger partial charge in [-0.3, -0.25) is 9.88 Å². The number of pyridine rings is 1. The Morgan fingerprint density at radius 1 is 1.50 bits per heavy atom. The van der Waals surface area contributed by atoms with E-state index in [4.69, 9.17) is 5.73 Å². The summed E-state index contributed by atoms with van der Waals surface area (Å²) in [7, 11) is 1.97. The van der Waals surface area contributed by atoms with Crippen molar-refractivity contribution in [3.63, 3.8) is 0 Å². The molecule has 0 spiro atoms. The topological polar surface area (TPSA) is 62.4 Å². The molecule has 0 saturated carbocycles. The molecule has 1 rings (SSSR count). The zero-order valence-electron chi connectivity index (χ0n) is 10.2. The monoisotopic (exact) mass is 223 g/mol. The van der Waals surface area contributed by atoms with Gasteiger partial charge in [0.1, 0.15) is 0 Å². The lowest BCUT2D eigenvalue weighted by atomic mass is 10.0. The average molecular weight is 223 g/mol. The third kappa shape index (κ3) is 3.56. The van der Waals surface area contributed by atoms with Crippen LogP contribution in [0.2, 0.25) is 0 Å². The molecule has 3 unspecified atom stereocenters. The Bertz CT molecular complexity index is 300. The predicted octanol–water partition coefficient (Wildman–Crippen LogP) is 0.783. The van der Waals surface area contributed by atoms with Gasteiger partial charge in [-0.2, -0.15) is 0 Å². The highest BCUT2D eigenvalue weighted by Crippen LogP contribution is 2.21. The second-order valence-corrected chi connectivity index (χ2v) is 4.38. The Hall–Kier alpha value is -0.970. The van der Waals surface area contributed by atoms with E-state index in [1.807, 2.05) is 32.3 Å². The summed E-state index contributed by atoms with van der Waals surface area (Å²) in [5, 5.41) is 9.40. The summed E-state index contributed by atoms with van der Waals surface area (Å²) in [5.41, 5.74) is 7.08. The first-order valence-corrected chi connectivity index (χ1v) is 5.56. The molecule has 16 heavy (non-hydrogen) atoms. The van der Waals surface area contributed by atoms with E-state index in [1.165, 1.54) is 0 Å². The summed E-state index contributed by atoms with van der Waals surface area (Å²) in [6.07, 6.45) is 3.21. The molecule has 3 atom stereocenters. The van der Waals surface area contributed by atoms with Crippen LogP contribution in [0.3, 0.4) is 0 Å². The van der Waals surface area contributed by atoms with Crippen molar-refractivity contribution in [3.05, 3.63) is 30.1 Å². The lowest BCUT2D eigenvalue weighted by molar-refractivity contribution is 0.110. The van der Waals surface area contributed by atoms with Gasteiger partial charge in [0, 0.05) is 25.0 Å². The zero-order valence-corrected chi connectivity index (χ0v) is 10.2. The standard InChI is InChI=1S/C12H21N3O/c1-9(16)8-15(3)12(10(2)13)11-5-4-6-14-7-11/h4-7,9-10,12,16H,8,13H2,1-3H3. The first-order valence-electron chi connectivity index (χ1n) is 5.56. The molecular formula is C12H21N3O. The number of aliphatic hydroxyl groups is 1. The summed E-state index contributed by atoms with van der Waals surface area (Å²) in [6, 6.07) is 4.00. The SMILES string of the molecule is CC(O)CN(C)C(c1cccnc1)C(C)N. The molecule has 0 bridgehead atoms. The fourth-order valence-electron chi connectivity index (χ4n) is 2.04. The first-order chi connectivity index (χ1) is 7.52. The summed E-state index contributed by atoms with van der Waals surface area (Å²) in [6.45, 7) is 4.34. The number of hydrogen-bond acceptors (Lipinski definition) is 4. The molecule has 90 valence electrons. The molecule has 0 amide bonds. The van der Waals surface area contributed by atoms with Crippen molar-refractivity contribution in [1.82, 2.24) is 9.88 Å². The van der Waals surface area contributed by atoms with Crippen LogP contribution in [0.1, 0.15) is 25.5 Å². The van der Waals surface area contributed by atoms with Gasteiger partial charge >= 0.3 is 0 Å². The van der Waals surface area contributed by atoms with Crippen molar-refractivity contribution >= 4 is 0 Å². The molecule has 4 heteroatoms. The van der Waals surface area contributed by atoms with Gasteiger partial charge < -0.3 is 10.8 Å². The maximum atomic E-state index is 9.40. The molecule has 4 nitrogen and oxygen atoms in total. The summed E-state index contributed by atoms with van der Waals surface area (Å²) >= 11 is 0. The van der Waals surface area contributed by atoms with Gasteiger partial charge in [0.15, 0.2) is 0 Å². The van der Waals surface area contributed by atoms with Crippen LogP contribution in [0, 0.1) is 0 Å². The van der Waals surface area contributed by atoms with E-state index in [0.717, 1.165) is 5.56 Å². The highest BCUT2D eigenvalue weighted by molar-refractivity contribution is 5.15. The van der Waals surface area contributed by atoms with Crippen molar-refractivity contribution in [1.29, 1.82) is 0 Å². The molecule has 3 N–H and O–H groups in total. The third-order valence-electron chi connectivity index (χ3n) is 2.55. The second-order valence-electron chi connectivity index (χ2n) is 4.38. The number of nitrogens with zero attached hydrogens (tertiary/aromatic N) is 2. The van der Waals surface area contributed by atoms with Gasteiger partial charge in [0.2, 0.25) is 0 Å². The minimum Gasteiger partial charge on any atom is -0.392 e. The fraction of sp³-hybridized carbons (Fsp3) is 0.583. The Morgan fingerprint density at radius 3 is 2.62 bits per heavy atom. The molecule has 0 aliphatic heterocycles. The largest absolute Gasteiger partial charge is 0.392 e. The van der Waals surface area contributed by atoms with Gasteiger partial charge in [-0.05, 0) is 32.5 Å². The number of aliphatic hydroxyl groups excluding tert-OH is 1. The molecule has 0 fully saturated rings. The normalized spacial score (nSPS) is 17.1.